The molecule has 3 aliphatic rings. The Morgan fingerprint density at radius 3 is 2.11 bits per heavy atom. The molecule has 2 aliphatic heterocycles. The molecule has 5 rings (SSSR count). The molecule has 1 fully saturated rings. The van der Waals surface area contributed by atoms with Gasteiger partial charge in [-0.25, -0.2) is 27.3 Å². The summed E-state index contributed by atoms with van der Waals surface area (Å²) in [6.45, 7) is 8.72. The maximum atomic E-state index is 14.2. The lowest BCUT2D eigenvalue weighted by Crippen LogP contribution is -2.66. The van der Waals surface area contributed by atoms with E-state index in [4.69, 9.17) is 9.47 Å². The van der Waals surface area contributed by atoms with E-state index in [2.05, 4.69) is 0 Å². The maximum absolute atomic E-state index is 14.2. The van der Waals surface area contributed by atoms with Gasteiger partial charge in [-0.3, -0.25) is 0 Å². The number of hydrogen-bond acceptors (Lipinski definition) is 6. The Balaban J connectivity index is 1.73. The first-order valence-electron chi connectivity index (χ1n) is 12.4. The number of fused-ring (bicyclic) bond motifs is 3. The van der Waals surface area contributed by atoms with E-state index in [-0.39, 0.29) is 4.90 Å². The minimum Gasteiger partial charge on any atom is -0.445 e. The van der Waals surface area contributed by atoms with E-state index in [0.29, 0.717) is 29.7 Å². The lowest BCUT2D eigenvalue weighted by molar-refractivity contribution is -0.0673. The van der Waals surface area contributed by atoms with Crippen molar-refractivity contribution in [2.45, 2.75) is 76.3 Å². The molecule has 2 aromatic rings. The Morgan fingerprint density at radius 1 is 0.919 bits per heavy atom. The monoisotopic (exact) mass is 525 g/mol. The zero-order valence-corrected chi connectivity index (χ0v) is 22.4. The molecule has 0 bridgehead atoms. The minimum absolute atomic E-state index is 0.0781. The minimum atomic E-state index is -4.16. The first kappa shape index (κ1) is 25.1. The molecule has 37 heavy (non-hydrogen) atoms. The molecule has 196 valence electrons. The van der Waals surface area contributed by atoms with Gasteiger partial charge < -0.3 is 9.47 Å². The number of anilines is 1. The van der Waals surface area contributed by atoms with Gasteiger partial charge in [0.25, 0.3) is 10.0 Å². The van der Waals surface area contributed by atoms with Gasteiger partial charge in [0.2, 0.25) is 0 Å². The SMILES string of the molecule is Cc1ccc(S(=O)(=O)N2c3ccccc3C3=CC4(CC4)N(C(=O)OC(C)C)N(C(=O)OC(C)C)[C@H]32)cc1. The van der Waals surface area contributed by atoms with Crippen molar-refractivity contribution in [3.63, 3.8) is 0 Å². The number of hydrazine groups is 1. The molecule has 1 atom stereocenters. The highest BCUT2D eigenvalue weighted by atomic mass is 32.2. The summed E-state index contributed by atoms with van der Waals surface area (Å²) in [6.07, 6.45) is -0.524. The van der Waals surface area contributed by atoms with Gasteiger partial charge >= 0.3 is 12.2 Å². The Morgan fingerprint density at radius 2 is 1.51 bits per heavy atom. The zero-order valence-electron chi connectivity index (χ0n) is 21.5. The van der Waals surface area contributed by atoms with Gasteiger partial charge in [-0.15, -0.1) is 0 Å². The number of amides is 2. The number of sulfonamides is 1. The van der Waals surface area contributed by atoms with Crippen molar-refractivity contribution >= 4 is 33.5 Å². The molecular formula is C27H31N3O6S. The van der Waals surface area contributed by atoms with E-state index in [1.807, 2.05) is 25.1 Å². The third kappa shape index (κ3) is 4.13. The third-order valence-electron chi connectivity index (χ3n) is 6.62. The van der Waals surface area contributed by atoms with Crippen molar-refractivity contribution in [1.82, 2.24) is 10.0 Å². The average Bonchev–Trinajstić information content (AvgIpc) is 3.49. The van der Waals surface area contributed by atoms with Crippen molar-refractivity contribution in [2.24, 2.45) is 0 Å². The number of aryl methyl sites for hydroxylation is 1. The Kier molecular flexibility index (Phi) is 5.97. The van der Waals surface area contributed by atoms with Gasteiger partial charge in [-0.2, -0.15) is 5.01 Å². The van der Waals surface area contributed by atoms with Crippen LogP contribution in [0.4, 0.5) is 15.3 Å². The maximum Gasteiger partial charge on any atom is 0.431 e. The van der Waals surface area contributed by atoms with E-state index < -0.39 is 46.1 Å². The molecule has 1 spiro atoms. The van der Waals surface area contributed by atoms with E-state index >= 15 is 0 Å². The summed E-state index contributed by atoms with van der Waals surface area (Å²) in [5.74, 6) is 0. The second-order valence-corrected chi connectivity index (χ2v) is 12.0. The van der Waals surface area contributed by atoms with Crippen LogP contribution in [-0.2, 0) is 19.5 Å². The number of carbonyl (C=O) groups is 2. The summed E-state index contributed by atoms with van der Waals surface area (Å²) in [5, 5.41) is 2.40. The van der Waals surface area contributed by atoms with Crippen molar-refractivity contribution in [3.05, 3.63) is 65.7 Å². The summed E-state index contributed by atoms with van der Waals surface area (Å²) in [7, 11) is -4.16. The smallest absolute Gasteiger partial charge is 0.431 e. The van der Waals surface area contributed by atoms with Gasteiger partial charge in [0.15, 0.2) is 6.17 Å². The fraction of sp³-hybridized carbons (Fsp3) is 0.407. The standard InChI is InChI=1S/C27H31N3O6S/c1-17(2)35-25(31)28-24-22(16-27(14-15-27)30(28)26(32)36-18(3)4)21-8-6-7-9-23(21)29(24)37(33,34)20-12-10-19(5)11-13-20/h6-13,16-18,24H,14-15H2,1-5H3/t24-/m0/s1. The van der Waals surface area contributed by atoms with Crippen LogP contribution in [0.3, 0.4) is 0 Å². The first-order chi connectivity index (χ1) is 17.5. The van der Waals surface area contributed by atoms with Gasteiger partial charge in [0.1, 0.15) is 0 Å². The normalized spacial score (nSPS) is 19.6. The summed E-state index contributed by atoms with van der Waals surface area (Å²) in [6, 6.07) is 13.7. The Labute approximate surface area is 217 Å². The number of para-hydroxylation sites is 1. The van der Waals surface area contributed by atoms with Crippen LogP contribution in [0.2, 0.25) is 0 Å². The molecule has 0 unspecified atom stereocenters. The number of rotatable bonds is 4. The highest BCUT2D eigenvalue weighted by molar-refractivity contribution is 7.93. The molecule has 9 nitrogen and oxygen atoms in total. The largest absolute Gasteiger partial charge is 0.445 e. The van der Waals surface area contributed by atoms with Crippen molar-refractivity contribution in [2.75, 3.05) is 4.31 Å². The highest BCUT2D eigenvalue weighted by Crippen LogP contribution is 2.55. The van der Waals surface area contributed by atoms with Crippen molar-refractivity contribution in [3.8, 4) is 0 Å². The molecule has 10 heteroatoms. The fourth-order valence-electron chi connectivity index (χ4n) is 4.89. The van der Waals surface area contributed by atoms with Crippen LogP contribution in [0.1, 0.15) is 51.7 Å². The number of benzene rings is 2. The van der Waals surface area contributed by atoms with Gasteiger partial charge in [-0.05, 0) is 71.7 Å². The van der Waals surface area contributed by atoms with Crippen LogP contribution in [0.25, 0.3) is 5.57 Å². The van der Waals surface area contributed by atoms with E-state index in [0.717, 1.165) is 10.6 Å². The van der Waals surface area contributed by atoms with Crippen LogP contribution in [0.5, 0.6) is 0 Å². The molecule has 2 aromatic carbocycles. The summed E-state index contributed by atoms with van der Waals surface area (Å²) >= 11 is 0. The molecular weight excluding hydrogens is 494 g/mol. The van der Waals surface area contributed by atoms with Crippen LogP contribution < -0.4 is 4.31 Å². The van der Waals surface area contributed by atoms with Crippen LogP contribution in [0.15, 0.2) is 59.5 Å². The average molecular weight is 526 g/mol. The van der Waals surface area contributed by atoms with E-state index in [1.165, 1.54) is 9.31 Å². The van der Waals surface area contributed by atoms with Crippen molar-refractivity contribution in [1.29, 1.82) is 0 Å². The number of ether oxygens (including phenoxy) is 2. The van der Waals surface area contributed by atoms with Gasteiger partial charge in [0, 0.05) is 11.1 Å². The number of hydrogen-bond donors (Lipinski definition) is 0. The second kappa shape index (κ2) is 8.79. The molecule has 1 saturated carbocycles. The van der Waals surface area contributed by atoms with Crippen LogP contribution in [-0.4, -0.2) is 54.5 Å². The predicted molar refractivity (Wildman–Crippen MR) is 138 cm³/mol. The summed E-state index contributed by atoms with van der Waals surface area (Å²) in [4.78, 5) is 27.2. The molecule has 0 saturated heterocycles. The third-order valence-corrected chi connectivity index (χ3v) is 8.40. The predicted octanol–water partition coefficient (Wildman–Crippen LogP) is 5.07. The zero-order chi connectivity index (χ0) is 26.7. The fourth-order valence-corrected chi connectivity index (χ4v) is 6.48. The highest BCUT2D eigenvalue weighted by Gasteiger charge is 2.62. The van der Waals surface area contributed by atoms with Crippen LogP contribution >= 0.6 is 0 Å². The molecule has 1 aliphatic carbocycles. The molecule has 2 amide bonds. The first-order valence-corrected chi connectivity index (χ1v) is 13.8. The quantitative estimate of drug-likeness (QED) is 0.553. The Bertz CT molecular complexity index is 1380. The van der Waals surface area contributed by atoms with E-state index in [9.17, 15) is 18.0 Å². The van der Waals surface area contributed by atoms with Gasteiger partial charge in [-0.1, -0.05) is 35.9 Å². The summed E-state index contributed by atoms with van der Waals surface area (Å²) < 4.78 is 40.7. The number of carbonyl (C=O) groups excluding carboxylic acids is 2. The molecule has 0 N–H and O–H groups in total. The number of nitrogens with zero attached hydrogens (tertiary/aromatic N) is 3. The topological polar surface area (TPSA) is 96.5 Å². The molecule has 0 radical (unpaired) electrons. The second-order valence-electron chi connectivity index (χ2n) is 10.2. The van der Waals surface area contributed by atoms with Gasteiger partial charge in [0.05, 0.1) is 28.3 Å². The van der Waals surface area contributed by atoms with E-state index in [1.54, 1.807) is 64.1 Å². The lowest BCUT2D eigenvalue weighted by Gasteiger charge is -2.47. The molecule has 0 aromatic heterocycles. The Hall–Kier alpha value is -3.53. The summed E-state index contributed by atoms with van der Waals surface area (Å²) in [5.41, 5.74) is 1.87. The van der Waals surface area contributed by atoms with Crippen LogP contribution in [0, 0.1) is 6.92 Å². The van der Waals surface area contributed by atoms with Crippen molar-refractivity contribution < 1.29 is 27.5 Å². The molecule has 2 heterocycles. The lowest BCUT2D eigenvalue weighted by atomic mass is 9.99.